The van der Waals surface area contributed by atoms with Crippen LogP contribution in [0.3, 0.4) is 0 Å². The van der Waals surface area contributed by atoms with Crippen molar-refractivity contribution in [3.63, 3.8) is 0 Å². The van der Waals surface area contributed by atoms with Crippen molar-refractivity contribution in [3.8, 4) is 0 Å². The summed E-state index contributed by atoms with van der Waals surface area (Å²) < 4.78 is 28.4. The van der Waals surface area contributed by atoms with Crippen molar-refractivity contribution in [2.75, 3.05) is 5.73 Å². The Bertz CT molecular complexity index is 666. The third-order valence-corrected chi connectivity index (χ3v) is 4.20. The maximum atomic E-state index is 12.2. The molecule has 0 saturated heterocycles. The number of nitrogens with two attached hydrogens (primary N) is 1. The van der Waals surface area contributed by atoms with Crippen LogP contribution in [-0.2, 0) is 23.1 Å². The predicted molar refractivity (Wildman–Crippen MR) is 75.2 cm³/mol. The van der Waals surface area contributed by atoms with Crippen LogP contribution in [0.15, 0.2) is 35.6 Å². The van der Waals surface area contributed by atoms with Crippen LogP contribution in [-0.4, -0.2) is 23.2 Å². The zero-order valence-electron chi connectivity index (χ0n) is 11.2. The van der Waals surface area contributed by atoms with Gasteiger partial charge in [0.1, 0.15) is 10.7 Å². The number of aryl methyl sites for hydroxylation is 1. The summed E-state index contributed by atoms with van der Waals surface area (Å²) in [5.74, 6) is 0.161. The summed E-state index contributed by atoms with van der Waals surface area (Å²) in [4.78, 5) is 3.89. The quantitative estimate of drug-likeness (QED) is 0.818. The molecule has 0 aromatic carbocycles. The molecule has 0 atom stereocenters. The summed E-state index contributed by atoms with van der Waals surface area (Å²) in [6.45, 7) is 2.74. The minimum Gasteiger partial charge on any atom is -0.383 e. The lowest BCUT2D eigenvalue weighted by atomic mass is 10.3. The van der Waals surface area contributed by atoms with Crippen LogP contribution in [0.25, 0.3) is 0 Å². The number of nitrogens with zero attached hydrogens (tertiary/aromatic N) is 3. The van der Waals surface area contributed by atoms with E-state index in [0.29, 0.717) is 6.54 Å². The Morgan fingerprint density at radius 3 is 2.70 bits per heavy atom. The molecular weight excluding hydrogens is 278 g/mol. The molecule has 0 unspecified atom stereocenters. The van der Waals surface area contributed by atoms with Gasteiger partial charge >= 0.3 is 0 Å². The Morgan fingerprint density at radius 1 is 1.35 bits per heavy atom. The highest BCUT2D eigenvalue weighted by Gasteiger charge is 2.21. The topological polar surface area (TPSA) is 103 Å². The molecule has 0 aliphatic rings. The van der Waals surface area contributed by atoms with Gasteiger partial charge in [0.25, 0.3) is 0 Å². The Hall–Kier alpha value is -1.93. The van der Waals surface area contributed by atoms with Gasteiger partial charge in [-0.25, -0.2) is 17.8 Å². The summed E-state index contributed by atoms with van der Waals surface area (Å²) in [7, 11) is -3.67. The second kappa shape index (κ2) is 6.02. The maximum Gasteiger partial charge on any atom is 0.246 e. The Labute approximate surface area is 117 Å². The highest BCUT2D eigenvalue weighted by Crippen LogP contribution is 2.17. The zero-order chi connectivity index (χ0) is 14.6. The molecule has 20 heavy (non-hydrogen) atoms. The second-order valence-corrected chi connectivity index (χ2v) is 6.03. The monoisotopic (exact) mass is 295 g/mol. The van der Waals surface area contributed by atoms with Crippen LogP contribution in [0.4, 0.5) is 5.82 Å². The fourth-order valence-corrected chi connectivity index (χ4v) is 2.81. The van der Waals surface area contributed by atoms with Crippen LogP contribution in [0.2, 0.25) is 0 Å². The molecule has 0 spiro atoms. The molecule has 7 nitrogen and oxygen atoms in total. The molecule has 2 aromatic rings. The van der Waals surface area contributed by atoms with E-state index in [-0.39, 0.29) is 17.3 Å². The van der Waals surface area contributed by atoms with Gasteiger partial charge in [-0.2, -0.15) is 5.10 Å². The summed E-state index contributed by atoms with van der Waals surface area (Å²) in [5.41, 5.74) is 6.64. The lowest BCUT2D eigenvalue weighted by Crippen LogP contribution is -2.24. The molecular formula is C12H17N5O2S. The molecule has 0 radical (unpaired) electrons. The van der Waals surface area contributed by atoms with Gasteiger partial charge in [0.2, 0.25) is 10.0 Å². The van der Waals surface area contributed by atoms with E-state index in [1.54, 1.807) is 24.5 Å². The standard InChI is InChI=1S/C12H17N5O2S/c1-2-7-17-12(13)11(9-15-17)20(18,19)16-8-10-3-5-14-6-4-10/h3-6,9,16H,2,7-8,13H2,1H3. The fraction of sp³-hybridized carbons (Fsp3) is 0.333. The lowest BCUT2D eigenvalue weighted by Gasteiger charge is -2.06. The number of pyridine rings is 1. The van der Waals surface area contributed by atoms with E-state index in [1.807, 2.05) is 6.92 Å². The summed E-state index contributed by atoms with van der Waals surface area (Å²) in [5, 5.41) is 3.99. The smallest absolute Gasteiger partial charge is 0.246 e. The first-order valence-electron chi connectivity index (χ1n) is 6.24. The SMILES string of the molecule is CCCn1ncc(S(=O)(=O)NCc2ccncc2)c1N. The van der Waals surface area contributed by atoms with Gasteiger partial charge in [-0.15, -0.1) is 0 Å². The molecule has 2 rings (SSSR count). The van der Waals surface area contributed by atoms with Gasteiger partial charge in [-0.05, 0) is 24.1 Å². The highest BCUT2D eigenvalue weighted by molar-refractivity contribution is 7.89. The third kappa shape index (κ3) is 3.14. The van der Waals surface area contributed by atoms with Gasteiger partial charge in [0, 0.05) is 25.5 Å². The normalized spacial score (nSPS) is 11.7. The fourth-order valence-electron chi connectivity index (χ4n) is 1.73. The molecule has 0 fully saturated rings. The molecule has 108 valence electrons. The molecule has 0 bridgehead atoms. The van der Waals surface area contributed by atoms with Crippen molar-refractivity contribution in [3.05, 3.63) is 36.3 Å². The van der Waals surface area contributed by atoms with Crippen molar-refractivity contribution in [2.24, 2.45) is 0 Å². The van der Waals surface area contributed by atoms with Crippen molar-refractivity contribution in [2.45, 2.75) is 31.3 Å². The zero-order valence-corrected chi connectivity index (χ0v) is 12.0. The van der Waals surface area contributed by atoms with Crippen LogP contribution < -0.4 is 10.5 Å². The van der Waals surface area contributed by atoms with E-state index in [0.717, 1.165) is 12.0 Å². The Kier molecular flexibility index (Phi) is 4.35. The first-order valence-corrected chi connectivity index (χ1v) is 7.72. The average molecular weight is 295 g/mol. The van der Waals surface area contributed by atoms with Gasteiger partial charge in [-0.1, -0.05) is 6.92 Å². The Balaban J connectivity index is 2.14. The van der Waals surface area contributed by atoms with Gasteiger partial charge < -0.3 is 5.73 Å². The number of rotatable bonds is 6. The summed E-state index contributed by atoms with van der Waals surface area (Å²) in [6, 6.07) is 3.48. The lowest BCUT2D eigenvalue weighted by molar-refractivity contribution is 0.581. The van der Waals surface area contributed by atoms with E-state index in [1.165, 1.54) is 10.9 Å². The van der Waals surface area contributed by atoms with Crippen molar-refractivity contribution in [1.82, 2.24) is 19.5 Å². The second-order valence-electron chi connectivity index (χ2n) is 4.30. The molecule has 3 N–H and O–H groups in total. The summed E-state index contributed by atoms with van der Waals surface area (Å²) >= 11 is 0. The number of anilines is 1. The molecule has 2 aromatic heterocycles. The van der Waals surface area contributed by atoms with E-state index < -0.39 is 10.0 Å². The van der Waals surface area contributed by atoms with Gasteiger partial charge in [0.05, 0.1) is 6.20 Å². The predicted octanol–water partition coefficient (Wildman–Crippen LogP) is 0.749. The number of nitrogens with one attached hydrogen (secondary N) is 1. The average Bonchev–Trinajstić information content (AvgIpc) is 2.81. The molecule has 2 heterocycles. The van der Waals surface area contributed by atoms with Crippen LogP contribution >= 0.6 is 0 Å². The van der Waals surface area contributed by atoms with Crippen LogP contribution in [0, 0.1) is 0 Å². The molecule has 8 heteroatoms. The number of hydrogen-bond donors (Lipinski definition) is 2. The Morgan fingerprint density at radius 2 is 2.05 bits per heavy atom. The molecule has 0 amide bonds. The van der Waals surface area contributed by atoms with E-state index in [9.17, 15) is 8.42 Å². The van der Waals surface area contributed by atoms with Crippen molar-refractivity contribution >= 4 is 15.8 Å². The minimum atomic E-state index is -3.67. The molecule has 0 aliphatic heterocycles. The maximum absolute atomic E-state index is 12.2. The van der Waals surface area contributed by atoms with E-state index in [4.69, 9.17) is 5.73 Å². The van der Waals surface area contributed by atoms with Gasteiger partial charge in [-0.3, -0.25) is 4.98 Å². The van der Waals surface area contributed by atoms with E-state index >= 15 is 0 Å². The largest absolute Gasteiger partial charge is 0.383 e. The number of hydrogen-bond acceptors (Lipinski definition) is 5. The van der Waals surface area contributed by atoms with E-state index in [2.05, 4.69) is 14.8 Å². The van der Waals surface area contributed by atoms with Crippen molar-refractivity contribution < 1.29 is 8.42 Å². The first kappa shape index (κ1) is 14.5. The number of nitrogen functional groups attached to an aromatic ring is 1. The van der Waals surface area contributed by atoms with Crippen LogP contribution in [0.1, 0.15) is 18.9 Å². The van der Waals surface area contributed by atoms with Crippen LogP contribution in [0.5, 0.6) is 0 Å². The number of aromatic nitrogens is 3. The highest BCUT2D eigenvalue weighted by atomic mass is 32.2. The summed E-state index contributed by atoms with van der Waals surface area (Å²) in [6.07, 6.45) is 5.32. The van der Waals surface area contributed by atoms with Gasteiger partial charge in [0.15, 0.2) is 0 Å². The third-order valence-electron chi connectivity index (χ3n) is 2.79. The minimum absolute atomic E-state index is 0.0139. The first-order chi connectivity index (χ1) is 9.54. The number of sulfonamides is 1. The molecule has 0 aliphatic carbocycles. The molecule has 0 saturated carbocycles. The van der Waals surface area contributed by atoms with Crippen molar-refractivity contribution in [1.29, 1.82) is 0 Å².